The molecular weight excluding hydrogens is 949 g/mol. The Bertz CT molecular complexity index is 1510. The molecule has 0 N–H and O–H groups in total. The van der Waals surface area contributed by atoms with Gasteiger partial charge in [-0.05, 0) is 96.3 Å². The first-order valence-electron chi connectivity index (χ1n) is 32.7. The second-order valence-corrected chi connectivity index (χ2v) is 21.6. The number of carbonyl (C=O) groups excluding carboxylic acids is 3. The zero-order valence-corrected chi connectivity index (χ0v) is 50.7. The number of esters is 3. The molecule has 0 saturated carbocycles. The molecule has 0 aromatic carbocycles. The number of ether oxygens (including phenoxy) is 3. The van der Waals surface area contributed by atoms with E-state index in [1.165, 1.54) is 161 Å². The summed E-state index contributed by atoms with van der Waals surface area (Å²) in [7, 11) is 0. The Balaban J connectivity index is 4.32. The Hall–Kier alpha value is -3.67. The summed E-state index contributed by atoms with van der Waals surface area (Å²) in [5.41, 5.74) is 0. The summed E-state index contributed by atoms with van der Waals surface area (Å²) >= 11 is 0. The largest absolute Gasteiger partial charge is 0.462 e. The third-order valence-electron chi connectivity index (χ3n) is 14.1. The highest BCUT2D eigenvalue weighted by molar-refractivity contribution is 5.71. The van der Waals surface area contributed by atoms with Gasteiger partial charge in [-0.15, -0.1) is 0 Å². The summed E-state index contributed by atoms with van der Waals surface area (Å²) in [5.74, 6) is -0.875. The molecule has 6 nitrogen and oxygen atoms in total. The van der Waals surface area contributed by atoms with Crippen molar-refractivity contribution in [1.29, 1.82) is 0 Å². The van der Waals surface area contributed by atoms with Gasteiger partial charge in [-0.3, -0.25) is 14.4 Å². The van der Waals surface area contributed by atoms with Crippen LogP contribution < -0.4 is 0 Å². The van der Waals surface area contributed by atoms with Crippen molar-refractivity contribution >= 4 is 17.9 Å². The van der Waals surface area contributed by atoms with Gasteiger partial charge in [0.2, 0.25) is 0 Å². The number of carbonyl (C=O) groups is 3. The van der Waals surface area contributed by atoms with Crippen molar-refractivity contribution in [2.24, 2.45) is 0 Å². The number of allylic oxidation sites excluding steroid dienone is 16. The zero-order chi connectivity index (χ0) is 55.7. The van der Waals surface area contributed by atoms with Crippen molar-refractivity contribution in [2.45, 2.75) is 322 Å². The summed E-state index contributed by atoms with van der Waals surface area (Å²) in [6.45, 7) is 6.44. The molecule has 0 saturated heterocycles. The predicted molar refractivity (Wildman–Crippen MR) is 334 cm³/mol. The number of hydrogen-bond donors (Lipinski definition) is 0. The fourth-order valence-corrected chi connectivity index (χ4v) is 9.25. The second-order valence-electron chi connectivity index (χ2n) is 21.6. The molecule has 0 aromatic heterocycles. The molecule has 0 aliphatic heterocycles. The van der Waals surface area contributed by atoms with Crippen LogP contribution in [0.5, 0.6) is 0 Å². The Labute approximate surface area is 477 Å². The van der Waals surface area contributed by atoms with Gasteiger partial charge in [-0.25, -0.2) is 0 Å². The SMILES string of the molecule is CC/C=C\C/C=C\C/C=C\C/C=C\CCCCCCCCCCCCCCC(=O)OCC(COC(=O)CCCCCCCCCCCCCCC)OC(=O)CCCCCCCCCC/C=C\C/C=C\C/C=C\C/C=C\CC. The molecular formula is C71H122O6. The first kappa shape index (κ1) is 73.3. The molecule has 0 radical (unpaired) electrons. The molecule has 6 heteroatoms. The molecule has 0 spiro atoms. The van der Waals surface area contributed by atoms with Crippen molar-refractivity contribution in [2.75, 3.05) is 13.2 Å². The van der Waals surface area contributed by atoms with Crippen molar-refractivity contribution < 1.29 is 28.6 Å². The van der Waals surface area contributed by atoms with E-state index in [-0.39, 0.29) is 31.1 Å². The van der Waals surface area contributed by atoms with Gasteiger partial charge >= 0.3 is 17.9 Å². The highest BCUT2D eigenvalue weighted by Crippen LogP contribution is 2.17. The maximum atomic E-state index is 12.9. The van der Waals surface area contributed by atoms with E-state index in [1.54, 1.807) is 0 Å². The minimum absolute atomic E-state index is 0.0781. The molecule has 77 heavy (non-hydrogen) atoms. The van der Waals surface area contributed by atoms with Gasteiger partial charge in [0.25, 0.3) is 0 Å². The first-order valence-corrected chi connectivity index (χ1v) is 32.7. The van der Waals surface area contributed by atoms with Gasteiger partial charge in [0.15, 0.2) is 6.10 Å². The second kappa shape index (κ2) is 64.9. The summed E-state index contributed by atoms with van der Waals surface area (Å²) in [6, 6.07) is 0. The Morgan fingerprint density at radius 2 is 0.506 bits per heavy atom. The molecule has 0 aliphatic rings. The van der Waals surface area contributed by atoms with E-state index in [1.807, 2.05) is 0 Å². The van der Waals surface area contributed by atoms with E-state index in [4.69, 9.17) is 14.2 Å². The van der Waals surface area contributed by atoms with Crippen LogP contribution in [-0.2, 0) is 28.6 Å². The molecule has 0 rings (SSSR count). The van der Waals surface area contributed by atoms with Crippen molar-refractivity contribution in [3.63, 3.8) is 0 Å². The van der Waals surface area contributed by atoms with Crippen LogP contribution >= 0.6 is 0 Å². The van der Waals surface area contributed by atoms with Crippen LogP contribution in [0.3, 0.4) is 0 Å². The van der Waals surface area contributed by atoms with Crippen LogP contribution in [0.2, 0.25) is 0 Å². The minimum Gasteiger partial charge on any atom is -0.462 e. The van der Waals surface area contributed by atoms with Crippen LogP contribution in [0.15, 0.2) is 97.2 Å². The fourth-order valence-electron chi connectivity index (χ4n) is 9.25. The maximum Gasteiger partial charge on any atom is 0.306 e. The molecule has 0 aliphatic carbocycles. The number of hydrogen-bond acceptors (Lipinski definition) is 6. The minimum atomic E-state index is -0.783. The molecule has 0 aromatic rings. The molecule has 0 fully saturated rings. The van der Waals surface area contributed by atoms with Crippen LogP contribution in [0.4, 0.5) is 0 Å². The van der Waals surface area contributed by atoms with Crippen LogP contribution in [-0.4, -0.2) is 37.2 Å². The van der Waals surface area contributed by atoms with Gasteiger partial charge in [-0.1, -0.05) is 298 Å². The third-order valence-corrected chi connectivity index (χ3v) is 14.1. The summed E-state index contributed by atoms with van der Waals surface area (Å²) in [4.78, 5) is 38.4. The highest BCUT2D eigenvalue weighted by Gasteiger charge is 2.19. The van der Waals surface area contributed by atoms with Crippen molar-refractivity contribution in [3.8, 4) is 0 Å². The van der Waals surface area contributed by atoms with Gasteiger partial charge < -0.3 is 14.2 Å². The van der Waals surface area contributed by atoms with Crippen LogP contribution in [0, 0.1) is 0 Å². The van der Waals surface area contributed by atoms with E-state index >= 15 is 0 Å². The van der Waals surface area contributed by atoms with Crippen LogP contribution in [0.25, 0.3) is 0 Å². The Morgan fingerprint density at radius 3 is 0.792 bits per heavy atom. The van der Waals surface area contributed by atoms with Gasteiger partial charge in [0.1, 0.15) is 13.2 Å². The Morgan fingerprint density at radius 1 is 0.273 bits per heavy atom. The number of unbranched alkanes of at least 4 members (excludes halogenated alkanes) is 32. The first-order chi connectivity index (χ1) is 38.0. The lowest BCUT2D eigenvalue weighted by atomic mass is 10.0. The van der Waals surface area contributed by atoms with E-state index in [0.717, 1.165) is 116 Å². The Kier molecular flexibility index (Phi) is 61.8. The highest BCUT2D eigenvalue weighted by atomic mass is 16.6. The third kappa shape index (κ3) is 63.0. The monoisotopic (exact) mass is 1070 g/mol. The number of rotatable bonds is 59. The van der Waals surface area contributed by atoms with Gasteiger partial charge in [0, 0.05) is 19.3 Å². The molecule has 1 atom stereocenters. The topological polar surface area (TPSA) is 78.9 Å². The summed E-state index contributed by atoms with van der Waals surface area (Å²) in [5, 5.41) is 0. The molecule has 0 amide bonds. The lowest BCUT2D eigenvalue weighted by Gasteiger charge is -2.18. The maximum absolute atomic E-state index is 12.9. The van der Waals surface area contributed by atoms with Crippen molar-refractivity contribution in [3.05, 3.63) is 97.2 Å². The van der Waals surface area contributed by atoms with E-state index in [0.29, 0.717) is 19.3 Å². The average molecular weight is 1070 g/mol. The van der Waals surface area contributed by atoms with E-state index in [9.17, 15) is 14.4 Å². The van der Waals surface area contributed by atoms with E-state index in [2.05, 4.69) is 118 Å². The standard InChI is InChI=1S/C71H122O6/c1-4-7-10-13-16-19-22-25-27-29-31-33-34-35-36-38-39-41-43-46-49-52-55-58-61-64-70(73)76-67-68(66-75-69(72)63-60-57-54-51-48-45-24-21-18-15-12-9-6-3)77-71(74)65-62-59-56-53-50-47-44-42-40-37-32-30-28-26-23-20-17-14-11-8-5-2/h7-8,10-11,16-17,19-20,25-28,31-33,37,68H,4-6,9,12-15,18,21-24,29-30,34-36,38-67H2,1-3H3/b10-7-,11-8-,19-16-,20-17-,27-25-,28-26-,33-31-,37-32-. The fraction of sp³-hybridized carbons (Fsp3) is 0.732. The van der Waals surface area contributed by atoms with Gasteiger partial charge in [-0.2, -0.15) is 0 Å². The van der Waals surface area contributed by atoms with Crippen molar-refractivity contribution in [1.82, 2.24) is 0 Å². The average Bonchev–Trinajstić information content (AvgIpc) is 3.43. The van der Waals surface area contributed by atoms with E-state index < -0.39 is 6.10 Å². The normalized spacial score (nSPS) is 12.7. The predicted octanol–water partition coefficient (Wildman–Crippen LogP) is 22.4. The summed E-state index contributed by atoms with van der Waals surface area (Å²) < 4.78 is 16.9. The van der Waals surface area contributed by atoms with Gasteiger partial charge in [0.05, 0.1) is 0 Å². The molecule has 0 bridgehead atoms. The zero-order valence-electron chi connectivity index (χ0n) is 50.7. The lowest BCUT2D eigenvalue weighted by molar-refractivity contribution is -0.167. The summed E-state index contributed by atoms with van der Waals surface area (Å²) in [6.07, 6.45) is 87.0. The quantitative estimate of drug-likeness (QED) is 0.0261. The van der Waals surface area contributed by atoms with Crippen LogP contribution in [0.1, 0.15) is 316 Å². The lowest BCUT2D eigenvalue weighted by Crippen LogP contribution is -2.30. The smallest absolute Gasteiger partial charge is 0.306 e. The molecule has 0 heterocycles. The molecule has 1 unspecified atom stereocenters. The molecule has 442 valence electrons.